The van der Waals surface area contributed by atoms with Crippen LogP contribution in [0.5, 0.6) is 0 Å². The summed E-state index contributed by atoms with van der Waals surface area (Å²) in [5, 5.41) is 10.9. The van der Waals surface area contributed by atoms with Crippen molar-refractivity contribution in [3.05, 3.63) is 40.8 Å². The minimum absolute atomic E-state index is 0.0805. The molecule has 1 N–H and O–H groups in total. The predicted molar refractivity (Wildman–Crippen MR) is 76.9 cm³/mol. The Kier molecular flexibility index (Phi) is 3.76. The Hall–Kier alpha value is -2.12. The van der Waals surface area contributed by atoms with Crippen molar-refractivity contribution < 1.29 is 19.4 Å². The first-order valence-corrected chi connectivity index (χ1v) is 7.39. The molecule has 0 unspecified atom stereocenters. The topological polar surface area (TPSA) is 71.8 Å². The minimum Gasteiger partial charge on any atom is -0.479 e. The van der Waals surface area contributed by atoms with Crippen LogP contribution in [0.4, 0.5) is 0 Å². The molecule has 1 atom stereocenters. The van der Waals surface area contributed by atoms with E-state index in [4.69, 9.17) is 9.84 Å². The summed E-state index contributed by atoms with van der Waals surface area (Å²) in [6.07, 6.45) is 2.80. The van der Waals surface area contributed by atoms with Crippen LogP contribution in [0.15, 0.2) is 36.0 Å². The highest BCUT2D eigenvalue weighted by Crippen LogP contribution is 2.24. The molecule has 110 valence electrons. The normalized spacial score (nSPS) is 18.7. The summed E-state index contributed by atoms with van der Waals surface area (Å²) in [6.45, 7) is 0.732. The number of aliphatic carboxylic acids is 1. The van der Waals surface area contributed by atoms with Gasteiger partial charge in [0.2, 0.25) is 0 Å². The zero-order chi connectivity index (χ0) is 14.8. The van der Waals surface area contributed by atoms with Gasteiger partial charge in [-0.3, -0.25) is 4.79 Å². The van der Waals surface area contributed by atoms with Crippen LogP contribution in [-0.2, 0) is 9.53 Å². The van der Waals surface area contributed by atoms with Crippen LogP contribution in [-0.4, -0.2) is 52.3 Å². The highest BCUT2D eigenvalue weighted by Gasteiger charge is 2.30. The molecule has 1 aliphatic heterocycles. The van der Waals surface area contributed by atoms with Crippen molar-refractivity contribution >= 4 is 23.2 Å². The number of carbonyl (C=O) groups is 2. The Balaban J connectivity index is 1.83. The average Bonchev–Trinajstić information content (AvgIpc) is 3.17. The van der Waals surface area contributed by atoms with Crippen LogP contribution in [0.25, 0.3) is 5.69 Å². The molecule has 1 fully saturated rings. The summed E-state index contributed by atoms with van der Waals surface area (Å²) in [4.78, 5) is 25.8. The maximum Gasteiger partial charge on any atom is 0.334 e. The van der Waals surface area contributed by atoms with Crippen LogP contribution in [0.2, 0.25) is 0 Å². The zero-order valence-corrected chi connectivity index (χ0v) is 12.0. The van der Waals surface area contributed by atoms with Crippen LogP contribution in [0.1, 0.15) is 9.67 Å². The largest absolute Gasteiger partial charge is 0.479 e. The number of thiophene rings is 1. The van der Waals surface area contributed by atoms with Gasteiger partial charge in [-0.15, -0.1) is 11.3 Å². The third-order valence-electron chi connectivity index (χ3n) is 3.35. The number of amides is 1. The molecular formula is C14H14N2O4S. The number of carboxylic acids is 1. The first-order chi connectivity index (χ1) is 10.2. The summed E-state index contributed by atoms with van der Waals surface area (Å²) in [5.74, 6) is -1.19. The number of carboxylic acid groups (broad SMARTS) is 1. The van der Waals surface area contributed by atoms with Gasteiger partial charge in [0.05, 0.1) is 18.8 Å². The summed E-state index contributed by atoms with van der Waals surface area (Å²) >= 11 is 1.36. The lowest BCUT2D eigenvalue weighted by Crippen LogP contribution is -2.48. The predicted octanol–water partition coefficient (Wildman–Crippen LogP) is 1.46. The molecule has 7 heteroatoms. The molecule has 1 saturated heterocycles. The molecule has 0 aromatic carbocycles. The number of rotatable bonds is 3. The summed E-state index contributed by atoms with van der Waals surface area (Å²) < 4.78 is 7.02. The molecule has 0 aliphatic carbocycles. The van der Waals surface area contributed by atoms with Gasteiger partial charge in [-0.1, -0.05) is 0 Å². The first kappa shape index (κ1) is 13.8. The molecule has 0 saturated carbocycles. The second-order valence-corrected chi connectivity index (χ2v) is 5.59. The van der Waals surface area contributed by atoms with Gasteiger partial charge in [0, 0.05) is 18.9 Å². The minimum atomic E-state index is -1.04. The number of aromatic nitrogens is 1. The van der Waals surface area contributed by atoms with Crippen molar-refractivity contribution in [2.75, 3.05) is 19.7 Å². The molecule has 0 bridgehead atoms. The fraction of sp³-hybridized carbons (Fsp3) is 0.286. The highest BCUT2D eigenvalue weighted by molar-refractivity contribution is 7.12. The van der Waals surface area contributed by atoms with Gasteiger partial charge >= 0.3 is 5.97 Å². The molecule has 1 amide bonds. The maximum absolute atomic E-state index is 12.6. The van der Waals surface area contributed by atoms with Gasteiger partial charge in [0.15, 0.2) is 6.10 Å². The van der Waals surface area contributed by atoms with Crippen LogP contribution < -0.4 is 0 Å². The van der Waals surface area contributed by atoms with Crippen molar-refractivity contribution in [2.24, 2.45) is 0 Å². The van der Waals surface area contributed by atoms with Crippen LogP contribution in [0.3, 0.4) is 0 Å². The maximum atomic E-state index is 12.6. The highest BCUT2D eigenvalue weighted by atomic mass is 32.1. The van der Waals surface area contributed by atoms with Crippen molar-refractivity contribution in [2.45, 2.75) is 6.10 Å². The number of nitrogens with zero attached hydrogens (tertiary/aromatic N) is 2. The summed E-state index contributed by atoms with van der Waals surface area (Å²) in [6, 6.07) is 5.66. The molecule has 0 radical (unpaired) electrons. The number of ether oxygens (including phenoxy) is 1. The summed E-state index contributed by atoms with van der Waals surface area (Å²) in [5.41, 5.74) is 0.813. The van der Waals surface area contributed by atoms with E-state index in [-0.39, 0.29) is 19.1 Å². The van der Waals surface area contributed by atoms with E-state index in [9.17, 15) is 9.59 Å². The van der Waals surface area contributed by atoms with Gasteiger partial charge < -0.3 is 19.3 Å². The van der Waals surface area contributed by atoms with Crippen molar-refractivity contribution in [1.29, 1.82) is 0 Å². The molecule has 3 heterocycles. The monoisotopic (exact) mass is 306 g/mol. The fourth-order valence-corrected chi connectivity index (χ4v) is 3.14. The lowest BCUT2D eigenvalue weighted by molar-refractivity contribution is -0.154. The Morgan fingerprint density at radius 1 is 1.33 bits per heavy atom. The zero-order valence-electron chi connectivity index (χ0n) is 11.1. The number of carbonyl (C=O) groups excluding carboxylic acids is 1. The van der Waals surface area contributed by atoms with Gasteiger partial charge in [0.1, 0.15) is 4.88 Å². The third kappa shape index (κ3) is 2.70. The van der Waals surface area contributed by atoms with E-state index in [0.29, 0.717) is 11.4 Å². The smallest absolute Gasteiger partial charge is 0.334 e. The molecule has 3 rings (SSSR count). The Morgan fingerprint density at radius 3 is 2.81 bits per heavy atom. The van der Waals surface area contributed by atoms with Crippen LogP contribution >= 0.6 is 11.3 Å². The number of hydrogen-bond acceptors (Lipinski definition) is 4. The van der Waals surface area contributed by atoms with E-state index in [1.165, 1.54) is 11.3 Å². The van der Waals surface area contributed by atoms with E-state index in [2.05, 4.69) is 0 Å². The van der Waals surface area contributed by atoms with E-state index < -0.39 is 12.1 Å². The van der Waals surface area contributed by atoms with Crippen molar-refractivity contribution in [1.82, 2.24) is 9.47 Å². The third-order valence-corrected chi connectivity index (χ3v) is 4.24. The van der Waals surface area contributed by atoms with E-state index >= 15 is 0 Å². The van der Waals surface area contributed by atoms with Gasteiger partial charge in [0.25, 0.3) is 5.91 Å². The standard InChI is InChI=1S/C14H14N2O4S/c17-13(16-6-7-20-11(9-16)14(18)19)12-10(3-8-21-12)15-4-1-2-5-15/h1-5,8,11H,6-7,9H2,(H,18,19)/t11-/m1/s1. The SMILES string of the molecule is O=C(O)[C@H]1CN(C(=O)c2sccc2-n2cccc2)CCO1. The Labute approximate surface area is 125 Å². The van der Waals surface area contributed by atoms with Gasteiger partial charge in [-0.05, 0) is 23.6 Å². The first-order valence-electron chi connectivity index (χ1n) is 6.51. The lowest BCUT2D eigenvalue weighted by atomic mass is 10.2. The van der Waals surface area contributed by atoms with E-state index in [0.717, 1.165) is 5.69 Å². The molecule has 1 aliphatic rings. The average molecular weight is 306 g/mol. The number of hydrogen-bond donors (Lipinski definition) is 1. The Morgan fingerprint density at radius 2 is 2.10 bits per heavy atom. The number of morpholine rings is 1. The molecule has 21 heavy (non-hydrogen) atoms. The molecule has 2 aromatic heterocycles. The Bertz CT molecular complexity index is 650. The van der Waals surface area contributed by atoms with Gasteiger partial charge in [-0.25, -0.2) is 4.79 Å². The second-order valence-electron chi connectivity index (χ2n) is 4.67. The lowest BCUT2D eigenvalue weighted by Gasteiger charge is -2.30. The molecule has 2 aromatic rings. The van der Waals surface area contributed by atoms with Crippen LogP contribution in [0, 0.1) is 0 Å². The van der Waals surface area contributed by atoms with E-state index in [1.807, 2.05) is 40.5 Å². The van der Waals surface area contributed by atoms with Crippen molar-refractivity contribution in [3.8, 4) is 5.69 Å². The quantitative estimate of drug-likeness (QED) is 0.932. The van der Waals surface area contributed by atoms with E-state index in [1.54, 1.807) is 4.90 Å². The fourth-order valence-electron chi connectivity index (χ4n) is 2.29. The molecule has 0 spiro atoms. The van der Waals surface area contributed by atoms with Gasteiger partial charge in [-0.2, -0.15) is 0 Å². The molecule has 6 nitrogen and oxygen atoms in total. The second kappa shape index (κ2) is 5.71. The summed E-state index contributed by atoms with van der Waals surface area (Å²) in [7, 11) is 0. The van der Waals surface area contributed by atoms with Crippen molar-refractivity contribution in [3.63, 3.8) is 0 Å². The molecular weight excluding hydrogens is 292 g/mol.